The number of carbonyl (C=O) groups is 1. The molecule has 14 heavy (non-hydrogen) atoms. The van der Waals surface area contributed by atoms with Gasteiger partial charge in [0.05, 0.1) is 5.02 Å². The molecule has 0 radical (unpaired) electrons. The molecule has 0 aromatic heterocycles. The Morgan fingerprint density at radius 3 is 2.43 bits per heavy atom. The molecule has 1 unspecified atom stereocenters. The highest BCUT2D eigenvalue weighted by Crippen LogP contribution is 2.36. The molecule has 0 N–H and O–H groups in total. The van der Waals surface area contributed by atoms with Gasteiger partial charge in [0.2, 0.25) is 0 Å². The Morgan fingerprint density at radius 1 is 1.50 bits per heavy atom. The lowest BCUT2D eigenvalue weighted by Gasteiger charge is -2.11. The Labute approximate surface area is 87.7 Å². The molecule has 76 valence electrons. The molecule has 0 bridgehead atoms. The lowest BCUT2D eigenvalue weighted by molar-refractivity contribution is 0.100. The average molecular weight is 237 g/mol. The highest BCUT2D eigenvalue weighted by atomic mass is 35.5. The van der Waals surface area contributed by atoms with Crippen LogP contribution >= 0.6 is 20.8 Å². The smallest absolute Gasteiger partial charge is 0.283 e. The minimum atomic E-state index is -3.01. The molecule has 1 nitrogen and oxygen atoms in total. The molecule has 1 aromatic carbocycles. The van der Waals surface area contributed by atoms with Gasteiger partial charge in [-0.2, -0.15) is 8.78 Å². The van der Waals surface area contributed by atoms with Gasteiger partial charge < -0.3 is 0 Å². The topological polar surface area (TPSA) is 17.1 Å². The van der Waals surface area contributed by atoms with Crippen molar-refractivity contribution >= 4 is 26.6 Å². The fourth-order valence-corrected chi connectivity index (χ4v) is 1.50. The molecule has 1 rings (SSSR count). The number of ketones is 1. The Hall–Kier alpha value is -0.530. The quantitative estimate of drug-likeness (QED) is 0.568. The summed E-state index contributed by atoms with van der Waals surface area (Å²) in [7, 11) is 1.42. The number of hydrogen-bond donors (Lipinski definition) is 0. The summed E-state index contributed by atoms with van der Waals surface area (Å²) in [5.74, 6) is -0.242. The van der Waals surface area contributed by atoms with E-state index in [4.69, 9.17) is 11.6 Å². The number of alkyl halides is 2. The van der Waals surface area contributed by atoms with Crippen LogP contribution in [0.15, 0.2) is 18.2 Å². The number of hydrogen-bond acceptors (Lipinski definition) is 1. The van der Waals surface area contributed by atoms with Gasteiger partial charge in [0.15, 0.2) is 5.78 Å². The molecule has 0 heterocycles. The second-order valence-electron chi connectivity index (χ2n) is 2.87. The van der Waals surface area contributed by atoms with Crippen LogP contribution in [0.1, 0.15) is 22.8 Å². The van der Waals surface area contributed by atoms with Crippen molar-refractivity contribution in [2.24, 2.45) is 0 Å². The maximum Gasteiger partial charge on any atom is 0.283 e. The molecule has 0 aliphatic heterocycles. The number of Topliss-reactive ketones (excluding diaryl/α,β-unsaturated/α-hetero) is 1. The summed E-state index contributed by atoms with van der Waals surface area (Å²) in [6.45, 7) is 1.33. The molecule has 1 aromatic rings. The van der Waals surface area contributed by atoms with Gasteiger partial charge in [-0.25, -0.2) is 0 Å². The normalized spacial score (nSPS) is 11.5. The van der Waals surface area contributed by atoms with E-state index in [1.807, 2.05) is 0 Å². The van der Waals surface area contributed by atoms with Crippen molar-refractivity contribution in [3.63, 3.8) is 0 Å². The third-order valence-electron chi connectivity index (χ3n) is 1.73. The zero-order valence-corrected chi connectivity index (χ0v) is 9.26. The standard InChI is InChI=1S/C9H8ClF2OP/c1-5(13)7-3-2-6(4-8(7)10)9(11,12)14/h2-4H,14H2,1H3. The Kier molecular flexibility index (Phi) is 3.23. The zero-order valence-electron chi connectivity index (χ0n) is 7.35. The van der Waals surface area contributed by atoms with Crippen LogP contribution < -0.4 is 0 Å². The molecular weight excluding hydrogens is 229 g/mol. The van der Waals surface area contributed by atoms with Crippen molar-refractivity contribution in [3.8, 4) is 0 Å². The van der Waals surface area contributed by atoms with E-state index in [1.54, 1.807) is 0 Å². The summed E-state index contributed by atoms with van der Waals surface area (Å²) in [6, 6.07) is 3.60. The van der Waals surface area contributed by atoms with Crippen LogP contribution in [0.5, 0.6) is 0 Å². The van der Waals surface area contributed by atoms with Crippen LogP contribution in [0.25, 0.3) is 0 Å². The van der Waals surface area contributed by atoms with Crippen LogP contribution in [0.4, 0.5) is 8.78 Å². The third kappa shape index (κ3) is 2.49. The number of halogens is 3. The summed E-state index contributed by atoms with van der Waals surface area (Å²) >= 11 is 5.67. The first-order valence-electron chi connectivity index (χ1n) is 3.80. The van der Waals surface area contributed by atoms with Gasteiger partial charge in [0.1, 0.15) is 0 Å². The van der Waals surface area contributed by atoms with Crippen LogP contribution in [0.2, 0.25) is 5.02 Å². The van der Waals surface area contributed by atoms with E-state index in [-0.39, 0.29) is 21.9 Å². The van der Waals surface area contributed by atoms with Gasteiger partial charge in [-0.1, -0.05) is 26.9 Å². The van der Waals surface area contributed by atoms with Crippen LogP contribution in [-0.2, 0) is 5.66 Å². The van der Waals surface area contributed by atoms with Crippen LogP contribution in [-0.4, -0.2) is 5.78 Å². The first-order chi connectivity index (χ1) is 6.32. The number of rotatable bonds is 2. The molecule has 0 saturated carbocycles. The molecule has 5 heteroatoms. The van der Waals surface area contributed by atoms with Gasteiger partial charge in [-0.05, 0) is 19.1 Å². The summed E-state index contributed by atoms with van der Waals surface area (Å²) in [6.07, 6.45) is 0. The fraction of sp³-hybridized carbons (Fsp3) is 0.222. The summed E-state index contributed by atoms with van der Waals surface area (Å²) in [4.78, 5) is 11.0. The van der Waals surface area contributed by atoms with Gasteiger partial charge in [0.25, 0.3) is 5.66 Å². The van der Waals surface area contributed by atoms with Crippen molar-refractivity contribution < 1.29 is 13.6 Å². The molecule has 0 fully saturated rings. The van der Waals surface area contributed by atoms with E-state index in [1.165, 1.54) is 28.3 Å². The largest absolute Gasteiger partial charge is 0.294 e. The molecule has 0 spiro atoms. The van der Waals surface area contributed by atoms with Gasteiger partial charge in [0, 0.05) is 11.1 Å². The summed E-state index contributed by atoms with van der Waals surface area (Å²) in [5, 5.41) is 0.0529. The predicted octanol–water partition coefficient (Wildman–Crippen LogP) is 3.47. The highest BCUT2D eigenvalue weighted by molar-refractivity contribution is 7.17. The molecule has 0 saturated heterocycles. The van der Waals surface area contributed by atoms with Crippen molar-refractivity contribution in [2.45, 2.75) is 12.6 Å². The van der Waals surface area contributed by atoms with Crippen LogP contribution in [0.3, 0.4) is 0 Å². The second kappa shape index (κ2) is 3.92. The Bertz CT molecular complexity index is 374. The van der Waals surface area contributed by atoms with Crippen molar-refractivity contribution in [1.29, 1.82) is 0 Å². The monoisotopic (exact) mass is 236 g/mol. The molecule has 0 aliphatic rings. The van der Waals surface area contributed by atoms with E-state index in [0.29, 0.717) is 0 Å². The first-order valence-corrected chi connectivity index (χ1v) is 4.75. The third-order valence-corrected chi connectivity index (χ3v) is 2.38. The number of benzene rings is 1. The van der Waals surface area contributed by atoms with Gasteiger partial charge in [-0.15, -0.1) is 0 Å². The SMILES string of the molecule is CC(=O)c1ccc(C(F)(F)P)cc1Cl. The molecular formula is C9H8ClF2OP. The van der Waals surface area contributed by atoms with E-state index < -0.39 is 5.66 Å². The average Bonchev–Trinajstić information content (AvgIpc) is 2.01. The van der Waals surface area contributed by atoms with E-state index >= 15 is 0 Å². The Morgan fingerprint density at radius 2 is 2.07 bits per heavy atom. The van der Waals surface area contributed by atoms with E-state index in [2.05, 4.69) is 0 Å². The van der Waals surface area contributed by atoms with E-state index in [0.717, 1.165) is 6.07 Å². The maximum atomic E-state index is 12.8. The lowest BCUT2D eigenvalue weighted by Crippen LogP contribution is -2.03. The maximum absolute atomic E-state index is 12.8. The fourth-order valence-electron chi connectivity index (χ4n) is 1.01. The highest BCUT2D eigenvalue weighted by Gasteiger charge is 2.25. The molecule has 0 aliphatic carbocycles. The molecule has 1 atom stereocenters. The van der Waals surface area contributed by atoms with E-state index in [9.17, 15) is 13.6 Å². The minimum absolute atomic E-state index is 0.0529. The summed E-state index contributed by atoms with van der Waals surface area (Å²) < 4.78 is 25.6. The van der Waals surface area contributed by atoms with Crippen molar-refractivity contribution in [2.75, 3.05) is 0 Å². The first kappa shape index (κ1) is 11.5. The number of carbonyl (C=O) groups excluding carboxylic acids is 1. The second-order valence-corrected chi connectivity index (χ2v) is 4.01. The van der Waals surface area contributed by atoms with Crippen molar-refractivity contribution in [3.05, 3.63) is 34.3 Å². The predicted molar refractivity (Wildman–Crippen MR) is 55.1 cm³/mol. The van der Waals surface area contributed by atoms with Crippen molar-refractivity contribution in [1.82, 2.24) is 0 Å². The summed E-state index contributed by atoms with van der Waals surface area (Å²) in [5.41, 5.74) is -2.99. The van der Waals surface area contributed by atoms with Gasteiger partial charge in [-0.3, -0.25) is 4.79 Å². The van der Waals surface area contributed by atoms with Gasteiger partial charge >= 0.3 is 0 Å². The minimum Gasteiger partial charge on any atom is -0.294 e. The van der Waals surface area contributed by atoms with Crippen LogP contribution in [0, 0.1) is 0 Å². The molecule has 0 amide bonds. The lowest BCUT2D eigenvalue weighted by atomic mass is 10.1. The Balaban J connectivity index is 3.20. The zero-order chi connectivity index (χ0) is 10.9.